The molecule has 11 heavy (non-hydrogen) atoms. The Morgan fingerprint density at radius 3 is 3.18 bits per heavy atom. The third-order valence-electron chi connectivity index (χ3n) is 2.41. The molecule has 2 heteroatoms. The Morgan fingerprint density at radius 2 is 2.36 bits per heavy atom. The minimum atomic E-state index is 0.235. The Hall–Kier alpha value is -0.790. The molecule has 1 aliphatic heterocycles. The molecule has 0 aromatic carbocycles. The summed E-state index contributed by atoms with van der Waals surface area (Å²) in [5.41, 5.74) is 0. The van der Waals surface area contributed by atoms with Crippen molar-refractivity contribution in [3.8, 4) is 0 Å². The van der Waals surface area contributed by atoms with Gasteiger partial charge in [-0.1, -0.05) is 0 Å². The van der Waals surface area contributed by atoms with E-state index in [0.717, 1.165) is 18.6 Å². The first-order valence-corrected chi connectivity index (χ1v) is 4.17. The van der Waals surface area contributed by atoms with Crippen LogP contribution in [0.1, 0.15) is 26.2 Å². The summed E-state index contributed by atoms with van der Waals surface area (Å²) >= 11 is 0. The van der Waals surface area contributed by atoms with Gasteiger partial charge in [0.2, 0.25) is 0 Å². The summed E-state index contributed by atoms with van der Waals surface area (Å²) in [6.07, 6.45) is 4.87. The topological polar surface area (TPSA) is 26.3 Å². The van der Waals surface area contributed by atoms with Gasteiger partial charge in [0.05, 0.1) is 6.10 Å². The largest absolute Gasteiger partial charge is 0.495 e. The fourth-order valence-corrected chi connectivity index (χ4v) is 1.78. The van der Waals surface area contributed by atoms with E-state index in [-0.39, 0.29) is 5.78 Å². The summed E-state index contributed by atoms with van der Waals surface area (Å²) in [5.74, 6) is 1.59. The average Bonchev–Trinajstić information content (AvgIpc) is 2.27. The van der Waals surface area contributed by atoms with Crippen molar-refractivity contribution in [2.24, 2.45) is 5.92 Å². The molecule has 1 aliphatic carbocycles. The molecule has 2 nitrogen and oxygen atoms in total. The van der Waals surface area contributed by atoms with E-state index in [1.165, 1.54) is 0 Å². The molecule has 0 N–H and O–H groups in total. The predicted octanol–water partition coefficient (Wildman–Crippen LogP) is 1.66. The molecular formula is C9H12O2. The Bertz CT molecular complexity index is 218. The third kappa shape index (κ3) is 1.17. The highest BCUT2D eigenvalue weighted by Crippen LogP contribution is 2.34. The van der Waals surface area contributed by atoms with Gasteiger partial charge in [0.1, 0.15) is 5.76 Å². The number of carbonyl (C=O) groups excluding carboxylic acids is 1. The van der Waals surface area contributed by atoms with Gasteiger partial charge in [-0.15, -0.1) is 0 Å². The van der Waals surface area contributed by atoms with Crippen LogP contribution >= 0.6 is 0 Å². The van der Waals surface area contributed by atoms with Crippen LogP contribution in [-0.4, -0.2) is 11.9 Å². The van der Waals surface area contributed by atoms with E-state index in [9.17, 15) is 4.79 Å². The summed E-state index contributed by atoms with van der Waals surface area (Å²) in [5, 5.41) is 0. The molecule has 0 aromatic heterocycles. The van der Waals surface area contributed by atoms with Gasteiger partial charge in [0.15, 0.2) is 5.78 Å². The maximum absolute atomic E-state index is 11.0. The van der Waals surface area contributed by atoms with Gasteiger partial charge in [-0.25, -0.2) is 0 Å². The molecular weight excluding hydrogens is 140 g/mol. The fraction of sp³-hybridized carbons (Fsp3) is 0.667. The maximum atomic E-state index is 11.0. The monoisotopic (exact) mass is 152 g/mol. The van der Waals surface area contributed by atoms with Gasteiger partial charge in [0, 0.05) is 18.4 Å². The Labute approximate surface area is 66.2 Å². The zero-order valence-electron chi connectivity index (χ0n) is 6.67. The standard InChI is InChI=1S/C9H12O2/c1-6-2-3-7-4-8(10)5-9(7)11-6/h5-7H,2-4H2,1H3/t6-,7+/m0/s1. The lowest BCUT2D eigenvalue weighted by Gasteiger charge is -2.26. The summed E-state index contributed by atoms with van der Waals surface area (Å²) < 4.78 is 5.52. The van der Waals surface area contributed by atoms with E-state index in [1.807, 2.05) is 0 Å². The second kappa shape index (κ2) is 2.36. The Kier molecular flexibility index (Phi) is 1.48. The van der Waals surface area contributed by atoms with Crippen LogP contribution in [0.5, 0.6) is 0 Å². The van der Waals surface area contributed by atoms with Gasteiger partial charge in [-0.2, -0.15) is 0 Å². The van der Waals surface area contributed by atoms with Crippen molar-refractivity contribution < 1.29 is 9.53 Å². The zero-order chi connectivity index (χ0) is 7.84. The molecule has 0 unspecified atom stereocenters. The third-order valence-corrected chi connectivity index (χ3v) is 2.41. The van der Waals surface area contributed by atoms with Crippen molar-refractivity contribution in [3.63, 3.8) is 0 Å². The van der Waals surface area contributed by atoms with Crippen LogP contribution in [0.2, 0.25) is 0 Å². The summed E-state index contributed by atoms with van der Waals surface area (Å²) in [4.78, 5) is 11.0. The van der Waals surface area contributed by atoms with Crippen molar-refractivity contribution in [2.75, 3.05) is 0 Å². The molecule has 2 aliphatic rings. The van der Waals surface area contributed by atoms with Crippen LogP contribution < -0.4 is 0 Å². The van der Waals surface area contributed by atoms with E-state index in [2.05, 4.69) is 6.92 Å². The molecule has 0 saturated carbocycles. The minimum absolute atomic E-state index is 0.235. The van der Waals surface area contributed by atoms with E-state index < -0.39 is 0 Å². The number of fused-ring (bicyclic) bond motifs is 1. The van der Waals surface area contributed by atoms with E-state index in [1.54, 1.807) is 6.08 Å². The summed E-state index contributed by atoms with van der Waals surface area (Å²) in [6, 6.07) is 0. The van der Waals surface area contributed by atoms with Gasteiger partial charge in [-0.05, 0) is 19.8 Å². The first-order chi connectivity index (χ1) is 5.25. The van der Waals surface area contributed by atoms with Crippen molar-refractivity contribution in [3.05, 3.63) is 11.8 Å². The smallest absolute Gasteiger partial charge is 0.159 e. The normalized spacial score (nSPS) is 36.1. The number of hydrogen-bond acceptors (Lipinski definition) is 2. The lowest BCUT2D eigenvalue weighted by molar-refractivity contribution is -0.114. The minimum Gasteiger partial charge on any atom is -0.495 e. The second-order valence-corrected chi connectivity index (χ2v) is 3.42. The number of hydrogen-bond donors (Lipinski definition) is 0. The van der Waals surface area contributed by atoms with Crippen molar-refractivity contribution >= 4 is 5.78 Å². The van der Waals surface area contributed by atoms with Crippen LogP contribution in [0.3, 0.4) is 0 Å². The summed E-state index contributed by atoms with van der Waals surface area (Å²) in [7, 11) is 0. The molecule has 1 fully saturated rings. The van der Waals surface area contributed by atoms with Crippen LogP contribution in [0, 0.1) is 5.92 Å². The van der Waals surface area contributed by atoms with Crippen molar-refractivity contribution in [1.82, 2.24) is 0 Å². The Balaban J connectivity index is 2.15. The van der Waals surface area contributed by atoms with Crippen LogP contribution in [0.25, 0.3) is 0 Å². The van der Waals surface area contributed by atoms with E-state index >= 15 is 0 Å². The quantitative estimate of drug-likeness (QED) is 0.527. The van der Waals surface area contributed by atoms with Crippen molar-refractivity contribution in [1.29, 1.82) is 0 Å². The van der Waals surface area contributed by atoms with Gasteiger partial charge in [-0.3, -0.25) is 4.79 Å². The Morgan fingerprint density at radius 1 is 1.55 bits per heavy atom. The lowest BCUT2D eigenvalue weighted by atomic mass is 9.96. The van der Waals surface area contributed by atoms with E-state index in [4.69, 9.17) is 4.74 Å². The average molecular weight is 152 g/mol. The van der Waals surface area contributed by atoms with Crippen LogP contribution in [0.15, 0.2) is 11.8 Å². The van der Waals surface area contributed by atoms with Crippen LogP contribution in [0.4, 0.5) is 0 Å². The van der Waals surface area contributed by atoms with E-state index in [0.29, 0.717) is 18.4 Å². The van der Waals surface area contributed by atoms with Gasteiger partial charge in [0.25, 0.3) is 0 Å². The molecule has 0 bridgehead atoms. The molecule has 0 spiro atoms. The van der Waals surface area contributed by atoms with Gasteiger partial charge >= 0.3 is 0 Å². The second-order valence-electron chi connectivity index (χ2n) is 3.42. The molecule has 1 heterocycles. The van der Waals surface area contributed by atoms with Crippen molar-refractivity contribution in [2.45, 2.75) is 32.3 Å². The number of carbonyl (C=O) groups is 1. The number of ether oxygens (including phenoxy) is 1. The molecule has 0 aromatic rings. The highest BCUT2D eigenvalue weighted by molar-refractivity contribution is 5.93. The fourth-order valence-electron chi connectivity index (χ4n) is 1.78. The number of allylic oxidation sites excluding steroid dienone is 2. The molecule has 1 saturated heterocycles. The SMILES string of the molecule is C[C@H]1CC[C@@H]2CC(=O)C=C2O1. The lowest BCUT2D eigenvalue weighted by Crippen LogP contribution is -2.19. The first kappa shape index (κ1) is 6.89. The number of rotatable bonds is 0. The maximum Gasteiger partial charge on any atom is 0.159 e. The number of ketones is 1. The summed E-state index contributed by atoms with van der Waals surface area (Å²) in [6.45, 7) is 2.06. The molecule has 60 valence electrons. The highest BCUT2D eigenvalue weighted by Gasteiger charge is 2.31. The van der Waals surface area contributed by atoms with Crippen LogP contribution in [-0.2, 0) is 9.53 Å². The zero-order valence-corrected chi connectivity index (χ0v) is 6.67. The molecule has 0 amide bonds. The first-order valence-electron chi connectivity index (χ1n) is 4.17. The molecule has 2 rings (SSSR count). The predicted molar refractivity (Wildman–Crippen MR) is 41.0 cm³/mol. The molecule has 2 atom stereocenters. The molecule has 0 radical (unpaired) electrons. The van der Waals surface area contributed by atoms with Gasteiger partial charge < -0.3 is 4.74 Å². The highest BCUT2D eigenvalue weighted by atomic mass is 16.5.